The van der Waals surface area contributed by atoms with Crippen LogP contribution in [0.1, 0.15) is 0 Å². The van der Waals surface area contributed by atoms with E-state index in [-0.39, 0.29) is 15.8 Å². The molecule has 0 spiro atoms. The lowest BCUT2D eigenvalue weighted by molar-refractivity contribution is 0.590. The number of para-hydroxylation sites is 1. The van der Waals surface area contributed by atoms with Gasteiger partial charge in [0, 0.05) is 12.1 Å². The van der Waals surface area contributed by atoms with Crippen molar-refractivity contribution >= 4 is 46.5 Å². The second kappa shape index (κ2) is 4.84. The Bertz CT molecular complexity index is 866. The highest BCUT2D eigenvalue weighted by molar-refractivity contribution is 7.71. The number of fused-ring (bicyclic) bond motifs is 1. The van der Waals surface area contributed by atoms with Crippen molar-refractivity contribution in [3.63, 3.8) is 0 Å². The van der Waals surface area contributed by atoms with Crippen molar-refractivity contribution in [2.75, 3.05) is 0 Å². The summed E-state index contributed by atoms with van der Waals surface area (Å²) in [5.74, 6) is -1.44. The molecule has 102 valence electrons. The Morgan fingerprint density at radius 2 is 1.75 bits per heavy atom. The predicted molar refractivity (Wildman–Crippen MR) is 78.4 cm³/mol. The topological polar surface area (TPSA) is 20.7 Å². The van der Waals surface area contributed by atoms with Gasteiger partial charge in [-0.2, -0.15) is 0 Å². The average Bonchev–Trinajstić information content (AvgIpc) is 2.67. The lowest BCUT2D eigenvalue weighted by Gasteiger charge is -2.09. The van der Waals surface area contributed by atoms with E-state index in [1.54, 1.807) is 18.2 Å². The first-order valence-electron chi connectivity index (χ1n) is 5.53. The Labute approximate surface area is 127 Å². The number of halogens is 4. The summed E-state index contributed by atoms with van der Waals surface area (Å²) in [5, 5.41) is 0.665. The molecule has 0 unspecified atom stereocenters. The van der Waals surface area contributed by atoms with Crippen molar-refractivity contribution in [1.29, 1.82) is 0 Å². The third-order valence-corrected chi connectivity index (χ3v) is 3.77. The number of aromatic nitrogens is 2. The van der Waals surface area contributed by atoms with Gasteiger partial charge in [-0.15, -0.1) is 0 Å². The van der Waals surface area contributed by atoms with Gasteiger partial charge in [0.05, 0.1) is 21.2 Å². The van der Waals surface area contributed by atoms with Crippen LogP contribution in [0.25, 0.3) is 16.7 Å². The van der Waals surface area contributed by atoms with E-state index in [0.29, 0.717) is 15.7 Å². The SMILES string of the molecule is Fc1cc(F)c2[nH]c(=S)n(-c3c(Cl)cccc3Cl)c2c1. The molecular formula is C13H6Cl2F2N2S. The summed E-state index contributed by atoms with van der Waals surface area (Å²) >= 11 is 17.4. The Hall–Kier alpha value is -1.43. The monoisotopic (exact) mass is 330 g/mol. The molecule has 2 aromatic carbocycles. The van der Waals surface area contributed by atoms with Crippen LogP contribution in [0.3, 0.4) is 0 Å². The third-order valence-electron chi connectivity index (χ3n) is 2.87. The maximum atomic E-state index is 13.8. The largest absolute Gasteiger partial charge is 0.328 e. The highest BCUT2D eigenvalue weighted by atomic mass is 35.5. The Balaban J connectivity index is 2.49. The molecule has 0 aliphatic carbocycles. The van der Waals surface area contributed by atoms with E-state index in [0.717, 1.165) is 6.07 Å². The molecule has 2 nitrogen and oxygen atoms in total. The molecule has 20 heavy (non-hydrogen) atoms. The van der Waals surface area contributed by atoms with Gasteiger partial charge in [0.1, 0.15) is 11.3 Å². The first-order chi connectivity index (χ1) is 9.49. The molecule has 0 saturated carbocycles. The summed E-state index contributed by atoms with van der Waals surface area (Å²) < 4.78 is 28.8. The molecule has 0 radical (unpaired) electrons. The van der Waals surface area contributed by atoms with E-state index in [1.165, 1.54) is 10.6 Å². The molecule has 0 aliphatic heterocycles. The van der Waals surface area contributed by atoms with Crippen molar-refractivity contribution in [3.05, 3.63) is 56.8 Å². The molecule has 1 aromatic heterocycles. The summed E-state index contributed by atoms with van der Waals surface area (Å²) in [4.78, 5) is 2.69. The van der Waals surface area contributed by atoms with Crippen LogP contribution < -0.4 is 0 Å². The second-order valence-corrected chi connectivity index (χ2v) is 5.32. The molecule has 0 aliphatic rings. The van der Waals surface area contributed by atoms with Gasteiger partial charge in [0.2, 0.25) is 0 Å². The van der Waals surface area contributed by atoms with Crippen LogP contribution in [0.5, 0.6) is 0 Å². The van der Waals surface area contributed by atoms with Crippen LogP contribution >= 0.6 is 35.4 Å². The number of nitrogens with zero attached hydrogens (tertiary/aromatic N) is 1. The van der Waals surface area contributed by atoms with Crippen LogP contribution in [0.15, 0.2) is 30.3 Å². The van der Waals surface area contributed by atoms with E-state index in [4.69, 9.17) is 35.4 Å². The summed E-state index contributed by atoms with van der Waals surface area (Å²) in [6.45, 7) is 0. The average molecular weight is 331 g/mol. The van der Waals surface area contributed by atoms with Gasteiger partial charge in [-0.05, 0) is 24.4 Å². The number of rotatable bonds is 1. The van der Waals surface area contributed by atoms with Gasteiger partial charge in [0.25, 0.3) is 0 Å². The van der Waals surface area contributed by atoms with Gasteiger partial charge in [-0.3, -0.25) is 4.57 Å². The predicted octanol–water partition coefficient (Wildman–Crippen LogP) is 5.27. The van der Waals surface area contributed by atoms with Crippen molar-refractivity contribution in [1.82, 2.24) is 9.55 Å². The Morgan fingerprint density at radius 1 is 1.10 bits per heavy atom. The van der Waals surface area contributed by atoms with Crippen molar-refractivity contribution < 1.29 is 8.78 Å². The smallest absolute Gasteiger partial charge is 0.182 e. The molecule has 0 atom stereocenters. The molecule has 0 saturated heterocycles. The second-order valence-electron chi connectivity index (χ2n) is 4.12. The summed E-state index contributed by atoms with van der Waals surface area (Å²) in [6, 6.07) is 6.88. The maximum absolute atomic E-state index is 13.8. The van der Waals surface area contributed by atoms with Gasteiger partial charge in [-0.25, -0.2) is 8.78 Å². The molecule has 3 rings (SSSR count). The minimum Gasteiger partial charge on any atom is -0.328 e. The lowest BCUT2D eigenvalue weighted by atomic mass is 10.2. The van der Waals surface area contributed by atoms with E-state index in [2.05, 4.69) is 4.98 Å². The fourth-order valence-electron chi connectivity index (χ4n) is 2.06. The summed E-state index contributed by atoms with van der Waals surface area (Å²) in [6.07, 6.45) is 0. The number of benzene rings is 2. The minimum atomic E-state index is -0.729. The molecule has 0 fully saturated rings. The number of aromatic amines is 1. The van der Waals surface area contributed by atoms with Crippen molar-refractivity contribution in [2.45, 2.75) is 0 Å². The first kappa shape index (κ1) is 13.5. The highest BCUT2D eigenvalue weighted by Gasteiger charge is 2.16. The summed E-state index contributed by atoms with van der Waals surface area (Å²) in [7, 11) is 0. The number of hydrogen-bond acceptors (Lipinski definition) is 1. The molecule has 1 N–H and O–H groups in total. The molecular weight excluding hydrogens is 325 g/mol. The molecule has 7 heteroatoms. The van der Waals surface area contributed by atoms with Crippen LogP contribution in [-0.4, -0.2) is 9.55 Å². The quantitative estimate of drug-likeness (QED) is 0.602. The van der Waals surface area contributed by atoms with E-state index < -0.39 is 11.6 Å². The van der Waals surface area contributed by atoms with Gasteiger partial charge >= 0.3 is 0 Å². The van der Waals surface area contributed by atoms with Crippen LogP contribution in [0, 0.1) is 16.4 Å². The van der Waals surface area contributed by atoms with E-state index in [1.807, 2.05) is 0 Å². The maximum Gasteiger partial charge on any atom is 0.182 e. The third kappa shape index (κ3) is 2.02. The summed E-state index contributed by atoms with van der Waals surface area (Å²) in [5.41, 5.74) is 0.729. The number of imidazole rings is 1. The van der Waals surface area contributed by atoms with Crippen LogP contribution in [0.2, 0.25) is 10.0 Å². The molecule has 0 bridgehead atoms. The fourth-order valence-corrected chi connectivity index (χ4v) is 2.92. The number of nitrogens with one attached hydrogen (secondary N) is 1. The highest BCUT2D eigenvalue weighted by Crippen LogP contribution is 2.32. The molecule has 0 amide bonds. The first-order valence-corrected chi connectivity index (χ1v) is 6.69. The minimum absolute atomic E-state index is 0.104. The van der Waals surface area contributed by atoms with Crippen molar-refractivity contribution in [2.24, 2.45) is 0 Å². The zero-order valence-electron chi connectivity index (χ0n) is 9.75. The lowest BCUT2D eigenvalue weighted by Crippen LogP contribution is -1.97. The van der Waals surface area contributed by atoms with Crippen LogP contribution in [0.4, 0.5) is 8.78 Å². The van der Waals surface area contributed by atoms with E-state index >= 15 is 0 Å². The molecule has 1 heterocycles. The normalized spacial score (nSPS) is 11.2. The number of H-pyrrole nitrogens is 1. The zero-order valence-corrected chi connectivity index (χ0v) is 12.1. The van der Waals surface area contributed by atoms with E-state index in [9.17, 15) is 8.78 Å². The molecule has 3 aromatic rings. The fraction of sp³-hybridized carbons (Fsp3) is 0. The Morgan fingerprint density at radius 3 is 2.40 bits per heavy atom. The van der Waals surface area contributed by atoms with Gasteiger partial charge < -0.3 is 4.98 Å². The van der Waals surface area contributed by atoms with Crippen molar-refractivity contribution in [3.8, 4) is 5.69 Å². The zero-order chi connectivity index (χ0) is 14.4. The van der Waals surface area contributed by atoms with Gasteiger partial charge in [-0.1, -0.05) is 29.3 Å². The van der Waals surface area contributed by atoms with Gasteiger partial charge in [0.15, 0.2) is 10.6 Å². The Kier molecular flexibility index (Phi) is 3.28. The number of hydrogen-bond donors (Lipinski definition) is 1. The van der Waals surface area contributed by atoms with Crippen LogP contribution in [-0.2, 0) is 0 Å². The standard InChI is InChI=1S/C13H6Cl2F2N2S/c14-7-2-1-3-8(15)12(7)19-10-5-6(16)4-9(17)11(10)18-13(19)20/h1-5H,(H,18,20).